The summed E-state index contributed by atoms with van der Waals surface area (Å²) in [4.78, 5) is 4.60. The summed E-state index contributed by atoms with van der Waals surface area (Å²) in [6, 6.07) is 9.79. The molecule has 1 N–H and O–H groups in total. The Morgan fingerprint density at radius 2 is 2.00 bits per heavy atom. The first-order valence-corrected chi connectivity index (χ1v) is 9.76. The van der Waals surface area contributed by atoms with E-state index in [1.807, 2.05) is 30.3 Å². The zero-order chi connectivity index (χ0) is 16.7. The third kappa shape index (κ3) is 2.77. The highest BCUT2D eigenvalue weighted by molar-refractivity contribution is 14.1. The van der Waals surface area contributed by atoms with E-state index in [2.05, 4.69) is 43.5 Å². The molecule has 0 amide bonds. The lowest BCUT2D eigenvalue weighted by Gasteiger charge is -2.10. The number of hydrogen-bond donors (Lipinski definition) is 1. The van der Waals surface area contributed by atoms with Gasteiger partial charge in [0.05, 0.1) is 10.2 Å². The normalized spacial score (nSPS) is 14.4. The Kier molecular flexibility index (Phi) is 4.39. The Morgan fingerprint density at radius 1 is 1.21 bits per heavy atom. The van der Waals surface area contributed by atoms with Crippen LogP contribution in [0.4, 0.5) is 5.69 Å². The van der Waals surface area contributed by atoms with E-state index in [1.54, 1.807) is 6.21 Å². The summed E-state index contributed by atoms with van der Waals surface area (Å²) in [7, 11) is 0. The molecule has 0 bridgehead atoms. The van der Waals surface area contributed by atoms with Crippen LogP contribution in [-0.2, 0) is 12.8 Å². The Labute approximate surface area is 162 Å². The molecule has 1 aliphatic carbocycles. The van der Waals surface area contributed by atoms with Gasteiger partial charge < -0.3 is 9.52 Å². The van der Waals surface area contributed by atoms with Gasteiger partial charge in [0.25, 0.3) is 0 Å². The molecule has 2 aromatic carbocycles. The van der Waals surface area contributed by atoms with Crippen molar-refractivity contribution >= 4 is 61.4 Å². The molecule has 1 heterocycles. The molecule has 5 heteroatoms. The predicted molar refractivity (Wildman–Crippen MR) is 109 cm³/mol. The van der Waals surface area contributed by atoms with Crippen LogP contribution in [0.15, 0.2) is 44.2 Å². The average Bonchev–Trinajstić information content (AvgIpc) is 2.94. The van der Waals surface area contributed by atoms with Gasteiger partial charge in [-0.25, -0.2) is 0 Å². The average molecular weight is 496 g/mol. The van der Waals surface area contributed by atoms with Crippen LogP contribution in [0, 0.1) is 3.57 Å². The van der Waals surface area contributed by atoms with Gasteiger partial charge in [-0.3, -0.25) is 4.99 Å². The van der Waals surface area contributed by atoms with Gasteiger partial charge in [0.1, 0.15) is 17.1 Å². The highest BCUT2D eigenvalue weighted by Gasteiger charge is 2.22. The monoisotopic (exact) mass is 495 g/mol. The van der Waals surface area contributed by atoms with E-state index in [1.165, 1.54) is 5.56 Å². The van der Waals surface area contributed by atoms with Crippen molar-refractivity contribution in [3.8, 4) is 5.75 Å². The molecular formula is C19H15BrINO2. The molecule has 0 fully saturated rings. The van der Waals surface area contributed by atoms with Crippen LogP contribution >= 0.6 is 38.5 Å². The van der Waals surface area contributed by atoms with Crippen LogP contribution in [0.5, 0.6) is 5.75 Å². The molecule has 1 aromatic heterocycles. The standard InChI is InChI=1S/C19H15BrINO2/c20-13-9-17-18(11-5-1-4-8-16(11)24-17)12(19(13)23)10-22-15-7-3-2-6-14(15)21/h2-3,6-7,9-10,23H,1,4-5,8H2. The van der Waals surface area contributed by atoms with Crippen molar-refractivity contribution in [2.45, 2.75) is 25.7 Å². The zero-order valence-corrected chi connectivity index (χ0v) is 16.6. The largest absolute Gasteiger partial charge is 0.506 e. The summed E-state index contributed by atoms with van der Waals surface area (Å²) >= 11 is 5.69. The first-order chi connectivity index (χ1) is 11.6. The summed E-state index contributed by atoms with van der Waals surface area (Å²) in [5.41, 5.74) is 3.66. The number of aromatic hydroxyl groups is 1. The van der Waals surface area contributed by atoms with Crippen LogP contribution in [0.3, 0.4) is 0 Å². The smallest absolute Gasteiger partial charge is 0.139 e. The van der Waals surface area contributed by atoms with Gasteiger partial charge >= 0.3 is 0 Å². The third-order valence-electron chi connectivity index (χ3n) is 4.39. The van der Waals surface area contributed by atoms with Crippen LogP contribution in [0.1, 0.15) is 29.7 Å². The molecule has 0 unspecified atom stereocenters. The van der Waals surface area contributed by atoms with Gasteiger partial charge in [-0.05, 0) is 76.0 Å². The minimum atomic E-state index is 0.214. The first kappa shape index (κ1) is 16.1. The molecule has 0 spiro atoms. The Balaban J connectivity index is 1.92. The van der Waals surface area contributed by atoms with E-state index in [9.17, 15) is 5.11 Å². The Hall–Kier alpha value is -1.34. The number of aryl methyl sites for hydroxylation is 2. The van der Waals surface area contributed by atoms with Gasteiger partial charge in [0, 0.05) is 32.7 Å². The Bertz CT molecular complexity index is 962. The number of benzene rings is 2. The summed E-state index contributed by atoms with van der Waals surface area (Å²) in [6.07, 6.45) is 6.03. The van der Waals surface area contributed by atoms with E-state index in [0.29, 0.717) is 4.47 Å². The topological polar surface area (TPSA) is 45.7 Å². The lowest BCUT2D eigenvalue weighted by Crippen LogP contribution is -1.99. The number of nitrogens with zero attached hydrogens (tertiary/aromatic N) is 1. The number of rotatable bonds is 2. The van der Waals surface area contributed by atoms with Crippen molar-refractivity contribution in [2.75, 3.05) is 0 Å². The van der Waals surface area contributed by atoms with Gasteiger partial charge in [-0.2, -0.15) is 0 Å². The minimum Gasteiger partial charge on any atom is -0.506 e. The van der Waals surface area contributed by atoms with E-state index in [0.717, 1.165) is 57.2 Å². The number of hydrogen-bond acceptors (Lipinski definition) is 3. The SMILES string of the molecule is Oc1c(Br)cc2oc3c(c2c1C=Nc1ccccc1I)CCCC3. The number of halogens is 2. The van der Waals surface area contributed by atoms with Gasteiger partial charge in [0.15, 0.2) is 0 Å². The number of furan rings is 1. The predicted octanol–water partition coefficient (Wildman–Crippen LogP) is 6.13. The molecule has 0 atom stereocenters. The molecule has 0 radical (unpaired) electrons. The highest BCUT2D eigenvalue weighted by atomic mass is 127. The van der Waals surface area contributed by atoms with Crippen LogP contribution in [0.2, 0.25) is 0 Å². The van der Waals surface area contributed by atoms with Crippen LogP contribution in [0.25, 0.3) is 11.0 Å². The fraction of sp³-hybridized carbons (Fsp3) is 0.211. The molecule has 0 aliphatic heterocycles. The number of phenols is 1. The molecule has 3 aromatic rings. The van der Waals surface area contributed by atoms with Crippen LogP contribution < -0.4 is 0 Å². The van der Waals surface area contributed by atoms with Crippen molar-refractivity contribution in [2.24, 2.45) is 4.99 Å². The summed E-state index contributed by atoms with van der Waals surface area (Å²) in [5.74, 6) is 1.27. The maximum atomic E-state index is 10.6. The number of fused-ring (bicyclic) bond motifs is 3. The summed E-state index contributed by atoms with van der Waals surface area (Å²) in [5, 5.41) is 11.6. The number of aliphatic imine (C=N–C) groups is 1. The molecule has 3 nitrogen and oxygen atoms in total. The third-order valence-corrected chi connectivity index (χ3v) is 5.91. The summed E-state index contributed by atoms with van der Waals surface area (Å²) < 4.78 is 7.74. The second-order valence-corrected chi connectivity index (χ2v) is 7.93. The van der Waals surface area contributed by atoms with Crippen molar-refractivity contribution in [3.63, 3.8) is 0 Å². The Morgan fingerprint density at radius 3 is 2.83 bits per heavy atom. The van der Waals surface area contributed by atoms with Crippen molar-refractivity contribution < 1.29 is 9.52 Å². The van der Waals surface area contributed by atoms with Crippen molar-refractivity contribution in [3.05, 3.63) is 55.3 Å². The molecule has 0 saturated carbocycles. The van der Waals surface area contributed by atoms with Crippen molar-refractivity contribution in [1.82, 2.24) is 0 Å². The fourth-order valence-electron chi connectivity index (χ4n) is 3.23. The highest BCUT2D eigenvalue weighted by Crippen LogP contribution is 2.40. The van der Waals surface area contributed by atoms with E-state index >= 15 is 0 Å². The lowest BCUT2D eigenvalue weighted by molar-refractivity contribution is 0.471. The summed E-state index contributed by atoms with van der Waals surface area (Å²) in [6.45, 7) is 0. The molecule has 1 aliphatic rings. The quantitative estimate of drug-likeness (QED) is 0.343. The second-order valence-electron chi connectivity index (χ2n) is 5.91. The lowest BCUT2D eigenvalue weighted by atomic mass is 9.94. The molecule has 4 rings (SSSR count). The van der Waals surface area contributed by atoms with Gasteiger partial charge in [-0.1, -0.05) is 12.1 Å². The maximum absolute atomic E-state index is 10.6. The molecule has 0 saturated heterocycles. The van der Waals surface area contributed by atoms with Gasteiger partial charge in [-0.15, -0.1) is 0 Å². The molecule has 122 valence electrons. The maximum Gasteiger partial charge on any atom is 0.139 e. The first-order valence-electron chi connectivity index (χ1n) is 7.89. The number of phenolic OH excluding ortho intramolecular Hbond substituents is 1. The molecule has 24 heavy (non-hydrogen) atoms. The van der Waals surface area contributed by atoms with Crippen molar-refractivity contribution in [1.29, 1.82) is 0 Å². The van der Waals surface area contributed by atoms with Gasteiger partial charge in [0.2, 0.25) is 0 Å². The number of para-hydroxylation sites is 1. The van der Waals surface area contributed by atoms with E-state index in [-0.39, 0.29) is 5.75 Å². The zero-order valence-electron chi connectivity index (χ0n) is 12.9. The molecular weight excluding hydrogens is 481 g/mol. The fourth-order valence-corrected chi connectivity index (χ4v) is 4.18. The van der Waals surface area contributed by atoms with Crippen LogP contribution in [-0.4, -0.2) is 11.3 Å². The van der Waals surface area contributed by atoms with E-state index < -0.39 is 0 Å². The minimum absolute atomic E-state index is 0.214. The second kappa shape index (κ2) is 6.52. The van der Waals surface area contributed by atoms with E-state index in [4.69, 9.17) is 4.42 Å².